The zero-order valence-electron chi connectivity index (χ0n) is 7.72. The molecule has 0 aliphatic carbocycles. The average Bonchev–Trinajstić information content (AvgIpc) is 2.19. The molecule has 0 amide bonds. The summed E-state index contributed by atoms with van der Waals surface area (Å²) in [6.07, 6.45) is 0.600. The zero-order chi connectivity index (χ0) is 10.6. The normalized spacial score (nSPS) is 9.93. The van der Waals surface area contributed by atoms with E-state index in [1.807, 2.05) is 0 Å². The van der Waals surface area contributed by atoms with Crippen LogP contribution < -0.4 is 0 Å². The third kappa shape index (κ3) is 3.00. The fraction of sp³-hybridized carbons (Fsp3) is 0.300. The van der Waals surface area contributed by atoms with Gasteiger partial charge in [0, 0.05) is 11.4 Å². The van der Waals surface area contributed by atoms with Gasteiger partial charge in [0.05, 0.1) is 7.11 Å². The summed E-state index contributed by atoms with van der Waals surface area (Å²) in [7, 11) is 1.31. The number of halogens is 2. The standard InChI is InChI=1S/C10H10ClFO2/c1-14-10(13)5-2-7-6-8(12)3-4-9(7)11/h3-4,6H,2,5H2,1H3. The van der Waals surface area contributed by atoms with Crippen LogP contribution in [0.25, 0.3) is 0 Å². The molecule has 0 fully saturated rings. The molecule has 0 bridgehead atoms. The van der Waals surface area contributed by atoms with E-state index in [1.54, 1.807) is 0 Å². The van der Waals surface area contributed by atoms with Crippen molar-refractivity contribution < 1.29 is 13.9 Å². The number of benzene rings is 1. The van der Waals surface area contributed by atoms with E-state index in [1.165, 1.54) is 25.3 Å². The van der Waals surface area contributed by atoms with E-state index in [0.717, 1.165) is 0 Å². The van der Waals surface area contributed by atoms with E-state index in [9.17, 15) is 9.18 Å². The van der Waals surface area contributed by atoms with E-state index in [-0.39, 0.29) is 18.2 Å². The Morgan fingerprint density at radius 1 is 1.57 bits per heavy atom. The lowest BCUT2D eigenvalue weighted by molar-refractivity contribution is -0.140. The molecule has 4 heteroatoms. The van der Waals surface area contributed by atoms with Gasteiger partial charge in [0.25, 0.3) is 0 Å². The SMILES string of the molecule is COC(=O)CCc1cc(F)ccc1Cl. The minimum Gasteiger partial charge on any atom is -0.469 e. The van der Waals surface area contributed by atoms with E-state index < -0.39 is 0 Å². The van der Waals surface area contributed by atoms with E-state index >= 15 is 0 Å². The third-order valence-corrected chi connectivity index (χ3v) is 2.20. The predicted octanol–water partition coefficient (Wildman–Crippen LogP) is 2.58. The van der Waals surface area contributed by atoms with Crippen molar-refractivity contribution in [2.45, 2.75) is 12.8 Å². The molecule has 1 aromatic rings. The second-order valence-electron chi connectivity index (χ2n) is 2.81. The molecule has 0 aromatic heterocycles. The summed E-state index contributed by atoms with van der Waals surface area (Å²) >= 11 is 5.80. The van der Waals surface area contributed by atoms with Gasteiger partial charge in [-0.05, 0) is 30.2 Å². The van der Waals surface area contributed by atoms with Crippen LogP contribution in [0.15, 0.2) is 18.2 Å². The predicted molar refractivity (Wildman–Crippen MR) is 51.7 cm³/mol. The van der Waals surface area contributed by atoms with Gasteiger partial charge in [-0.2, -0.15) is 0 Å². The number of ether oxygens (including phenoxy) is 1. The van der Waals surface area contributed by atoms with Gasteiger partial charge in [0.1, 0.15) is 5.82 Å². The summed E-state index contributed by atoms with van der Waals surface area (Å²) in [6.45, 7) is 0. The molecule has 0 aliphatic rings. The summed E-state index contributed by atoms with van der Waals surface area (Å²) in [5.74, 6) is -0.681. The van der Waals surface area contributed by atoms with E-state index in [4.69, 9.17) is 11.6 Å². The maximum Gasteiger partial charge on any atom is 0.305 e. The first-order chi connectivity index (χ1) is 6.63. The zero-order valence-corrected chi connectivity index (χ0v) is 8.47. The van der Waals surface area contributed by atoms with Crippen molar-refractivity contribution in [1.82, 2.24) is 0 Å². The average molecular weight is 217 g/mol. The molecular weight excluding hydrogens is 207 g/mol. The van der Waals surface area contributed by atoms with Crippen molar-refractivity contribution in [2.24, 2.45) is 0 Å². The number of hydrogen-bond acceptors (Lipinski definition) is 2. The van der Waals surface area contributed by atoms with Crippen molar-refractivity contribution in [3.8, 4) is 0 Å². The number of aryl methyl sites for hydroxylation is 1. The minimum absolute atomic E-state index is 0.208. The van der Waals surface area contributed by atoms with E-state index in [0.29, 0.717) is 17.0 Å². The molecule has 0 saturated heterocycles. The first-order valence-electron chi connectivity index (χ1n) is 4.14. The molecule has 0 unspecified atom stereocenters. The fourth-order valence-electron chi connectivity index (χ4n) is 1.07. The Bertz CT molecular complexity index is 339. The molecule has 1 rings (SSSR count). The largest absolute Gasteiger partial charge is 0.469 e. The van der Waals surface area contributed by atoms with E-state index in [2.05, 4.69) is 4.74 Å². The van der Waals surface area contributed by atoms with Crippen molar-refractivity contribution in [3.63, 3.8) is 0 Å². The van der Waals surface area contributed by atoms with Crippen LogP contribution in [0.4, 0.5) is 4.39 Å². The number of carbonyl (C=O) groups is 1. The van der Waals surface area contributed by atoms with Crippen molar-refractivity contribution in [3.05, 3.63) is 34.6 Å². The van der Waals surface area contributed by atoms with Gasteiger partial charge < -0.3 is 4.74 Å². The Morgan fingerprint density at radius 3 is 2.93 bits per heavy atom. The Balaban J connectivity index is 2.66. The highest BCUT2D eigenvalue weighted by Gasteiger charge is 2.05. The van der Waals surface area contributed by atoms with Crippen LogP contribution in [0, 0.1) is 5.82 Å². The molecule has 76 valence electrons. The molecule has 0 radical (unpaired) electrons. The molecule has 2 nitrogen and oxygen atoms in total. The Hall–Kier alpha value is -1.09. The Morgan fingerprint density at radius 2 is 2.29 bits per heavy atom. The summed E-state index contributed by atoms with van der Waals surface area (Å²) in [5, 5.41) is 0.468. The van der Waals surface area contributed by atoms with Crippen molar-refractivity contribution in [2.75, 3.05) is 7.11 Å². The van der Waals surface area contributed by atoms with Crippen LogP contribution in [0.5, 0.6) is 0 Å². The number of hydrogen-bond donors (Lipinski definition) is 0. The number of esters is 1. The lowest BCUT2D eigenvalue weighted by Crippen LogP contribution is -2.02. The van der Waals surface area contributed by atoms with Gasteiger partial charge in [0.2, 0.25) is 0 Å². The van der Waals surface area contributed by atoms with Gasteiger partial charge in [-0.15, -0.1) is 0 Å². The molecule has 1 aromatic carbocycles. The number of methoxy groups -OCH3 is 1. The third-order valence-electron chi connectivity index (χ3n) is 1.83. The van der Waals surface area contributed by atoms with Crippen LogP contribution in [-0.4, -0.2) is 13.1 Å². The van der Waals surface area contributed by atoms with Gasteiger partial charge >= 0.3 is 5.97 Å². The Labute approximate surface area is 86.6 Å². The van der Waals surface area contributed by atoms with Gasteiger partial charge in [-0.25, -0.2) is 4.39 Å². The number of rotatable bonds is 3. The molecule has 0 heterocycles. The van der Waals surface area contributed by atoms with Gasteiger partial charge in [-0.1, -0.05) is 11.6 Å². The summed E-state index contributed by atoms with van der Waals surface area (Å²) in [4.78, 5) is 10.8. The summed E-state index contributed by atoms with van der Waals surface area (Å²) in [5.41, 5.74) is 0.622. The van der Waals surface area contributed by atoms with Crippen LogP contribution >= 0.6 is 11.6 Å². The lowest BCUT2D eigenvalue weighted by Gasteiger charge is -2.03. The van der Waals surface area contributed by atoms with Crippen molar-refractivity contribution >= 4 is 17.6 Å². The smallest absolute Gasteiger partial charge is 0.305 e. The first-order valence-corrected chi connectivity index (χ1v) is 4.52. The Kier molecular flexibility index (Phi) is 3.89. The maximum atomic E-state index is 12.8. The molecule has 14 heavy (non-hydrogen) atoms. The van der Waals surface area contributed by atoms with Gasteiger partial charge in [-0.3, -0.25) is 4.79 Å². The van der Waals surface area contributed by atoms with Crippen LogP contribution in [0.3, 0.4) is 0 Å². The van der Waals surface area contributed by atoms with Crippen LogP contribution in [0.2, 0.25) is 5.02 Å². The highest BCUT2D eigenvalue weighted by molar-refractivity contribution is 6.31. The summed E-state index contributed by atoms with van der Waals surface area (Å²) < 4.78 is 17.2. The molecule has 0 atom stereocenters. The quantitative estimate of drug-likeness (QED) is 0.726. The van der Waals surface area contributed by atoms with Gasteiger partial charge in [0.15, 0.2) is 0 Å². The molecule has 0 N–H and O–H groups in total. The topological polar surface area (TPSA) is 26.3 Å². The fourth-order valence-corrected chi connectivity index (χ4v) is 1.29. The molecular formula is C10H10ClFO2. The monoisotopic (exact) mass is 216 g/mol. The molecule has 0 spiro atoms. The summed E-state index contributed by atoms with van der Waals surface area (Å²) in [6, 6.07) is 4.08. The lowest BCUT2D eigenvalue weighted by atomic mass is 10.1. The van der Waals surface area contributed by atoms with Crippen LogP contribution in [-0.2, 0) is 16.0 Å². The van der Waals surface area contributed by atoms with Crippen LogP contribution in [0.1, 0.15) is 12.0 Å². The maximum absolute atomic E-state index is 12.8. The highest BCUT2D eigenvalue weighted by atomic mass is 35.5. The second-order valence-corrected chi connectivity index (χ2v) is 3.22. The minimum atomic E-state index is -0.353. The molecule has 0 aliphatic heterocycles. The highest BCUT2D eigenvalue weighted by Crippen LogP contribution is 2.18. The van der Waals surface area contributed by atoms with Crippen molar-refractivity contribution in [1.29, 1.82) is 0 Å². The molecule has 0 saturated carbocycles. The first kappa shape index (κ1) is 11.0. The second kappa shape index (κ2) is 4.96. The number of carbonyl (C=O) groups excluding carboxylic acids is 1.